The molecule has 0 N–H and O–H groups in total. The van der Waals surface area contributed by atoms with Crippen molar-refractivity contribution in [3.8, 4) is 6.07 Å². The summed E-state index contributed by atoms with van der Waals surface area (Å²) in [6.07, 6.45) is 1.62. The number of aryl methyl sites for hydroxylation is 1. The lowest BCUT2D eigenvalue weighted by Crippen LogP contribution is -1.84. The zero-order valence-corrected chi connectivity index (χ0v) is 6.18. The molecule has 50 valence electrons. The van der Waals surface area contributed by atoms with Crippen LogP contribution in [0.2, 0.25) is 5.02 Å². The lowest BCUT2D eigenvalue weighted by Gasteiger charge is -1.93. The third-order valence-corrected chi connectivity index (χ3v) is 1.37. The summed E-state index contributed by atoms with van der Waals surface area (Å²) in [5.41, 5.74) is 1.25. The van der Waals surface area contributed by atoms with Crippen molar-refractivity contribution >= 4 is 11.6 Å². The van der Waals surface area contributed by atoms with Gasteiger partial charge in [-0.3, -0.25) is 0 Å². The lowest BCUT2D eigenvalue weighted by molar-refractivity contribution is 1.22. The second-order valence-electron chi connectivity index (χ2n) is 1.95. The van der Waals surface area contributed by atoms with Crippen LogP contribution in [0, 0.1) is 18.3 Å². The van der Waals surface area contributed by atoms with Gasteiger partial charge in [0.25, 0.3) is 0 Å². The van der Waals surface area contributed by atoms with Crippen molar-refractivity contribution in [3.05, 3.63) is 28.5 Å². The molecule has 0 aliphatic rings. The minimum Gasteiger partial charge on any atom is -0.244 e. The fraction of sp³-hybridized carbons (Fsp3) is 0.143. The minimum absolute atomic E-state index is 0.285. The summed E-state index contributed by atoms with van der Waals surface area (Å²) in [4.78, 5) is 3.80. The van der Waals surface area contributed by atoms with Gasteiger partial charge in [0, 0.05) is 6.20 Å². The third-order valence-electron chi connectivity index (χ3n) is 1.08. The first-order chi connectivity index (χ1) is 4.74. The predicted octanol–water partition coefficient (Wildman–Crippen LogP) is 1.92. The molecule has 1 heterocycles. The van der Waals surface area contributed by atoms with Gasteiger partial charge >= 0.3 is 0 Å². The molecule has 0 spiro atoms. The predicted molar refractivity (Wildman–Crippen MR) is 38.7 cm³/mol. The Morgan fingerprint density at radius 2 is 2.40 bits per heavy atom. The van der Waals surface area contributed by atoms with Gasteiger partial charge in [0.05, 0.1) is 5.02 Å². The van der Waals surface area contributed by atoms with Gasteiger partial charge in [-0.05, 0) is 18.6 Å². The molecule has 0 fully saturated rings. The van der Waals surface area contributed by atoms with E-state index in [0.29, 0.717) is 5.02 Å². The van der Waals surface area contributed by atoms with Crippen LogP contribution < -0.4 is 0 Å². The van der Waals surface area contributed by atoms with Crippen molar-refractivity contribution in [3.63, 3.8) is 0 Å². The van der Waals surface area contributed by atoms with Crippen LogP contribution in [0.1, 0.15) is 11.3 Å². The molecule has 0 radical (unpaired) electrons. The van der Waals surface area contributed by atoms with E-state index >= 15 is 0 Å². The van der Waals surface area contributed by atoms with Gasteiger partial charge in [0.15, 0.2) is 5.69 Å². The number of nitriles is 1. The van der Waals surface area contributed by atoms with E-state index in [1.54, 1.807) is 12.3 Å². The SMILES string of the molecule is Cc1cnc(C#N)c(Cl)c1. The second-order valence-corrected chi connectivity index (χ2v) is 2.36. The Morgan fingerprint density at radius 1 is 1.70 bits per heavy atom. The summed E-state index contributed by atoms with van der Waals surface area (Å²) < 4.78 is 0. The Hall–Kier alpha value is -1.07. The minimum atomic E-state index is 0.285. The van der Waals surface area contributed by atoms with Crippen molar-refractivity contribution in [2.45, 2.75) is 6.92 Å². The highest BCUT2D eigenvalue weighted by molar-refractivity contribution is 6.31. The monoisotopic (exact) mass is 152 g/mol. The van der Waals surface area contributed by atoms with Crippen LogP contribution in [0.5, 0.6) is 0 Å². The van der Waals surface area contributed by atoms with E-state index in [1.165, 1.54) is 0 Å². The van der Waals surface area contributed by atoms with E-state index in [-0.39, 0.29) is 5.69 Å². The van der Waals surface area contributed by atoms with Crippen LogP contribution in [0.15, 0.2) is 12.3 Å². The van der Waals surface area contributed by atoms with Gasteiger partial charge in [-0.1, -0.05) is 11.6 Å². The highest BCUT2D eigenvalue weighted by Gasteiger charge is 1.98. The molecule has 0 saturated heterocycles. The number of nitrogens with zero attached hydrogens (tertiary/aromatic N) is 2. The summed E-state index contributed by atoms with van der Waals surface area (Å²) in [6.45, 7) is 1.88. The van der Waals surface area contributed by atoms with Gasteiger partial charge in [-0.25, -0.2) is 4.98 Å². The van der Waals surface area contributed by atoms with Gasteiger partial charge in [-0.2, -0.15) is 5.26 Å². The molecule has 3 heteroatoms. The first-order valence-corrected chi connectivity index (χ1v) is 3.14. The van der Waals surface area contributed by atoms with Crippen molar-refractivity contribution in [2.75, 3.05) is 0 Å². The molecule has 10 heavy (non-hydrogen) atoms. The summed E-state index contributed by atoms with van der Waals surface area (Å²) in [5.74, 6) is 0. The van der Waals surface area contributed by atoms with Gasteiger partial charge in [0.2, 0.25) is 0 Å². The van der Waals surface area contributed by atoms with Crippen LogP contribution in [-0.4, -0.2) is 4.98 Å². The largest absolute Gasteiger partial charge is 0.244 e. The molecule has 0 aromatic carbocycles. The number of pyridine rings is 1. The van der Waals surface area contributed by atoms with E-state index in [4.69, 9.17) is 16.9 Å². The molecule has 0 aliphatic heterocycles. The average molecular weight is 153 g/mol. The second kappa shape index (κ2) is 2.68. The van der Waals surface area contributed by atoms with Crippen molar-refractivity contribution in [1.82, 2.24) is 4.98 Å². The smallest absolute Gasteiger partial charge is 0.159 e. The number of rotatable bonds is 0. The van der Waals surface area contributed by atoms with Crippen LogP contribution in [0.3, 0.4) is 0 Å². The van der Waals surface area contributed by atoms with Crippen molar-refractivity contribution in [2.24, 2.45) is 0 Å². The van der Waals surface area contributed by atoms with E-state index < -0.39 is 0 Å². The molecule has 0 saturated carbocycles. The first-order valence-electron chi connectivity index (χ1n) is 2.76. The maximum absolute atomic E-state index is 8.41. The van der Waals surface area contributed by atoms with Gasteiger partial charge in [-0.15, -0.1) is 0 Å². The molecule has 0 aliphatic carbocycles. The molecule has 0 unspecified atom stereocenters. The van der Waals surface area contributed by atoms with E-state index in [0.717, 1.165) is 5.56 Å². The molecule has 1 rings (SSSR count). The van der Waals surface area contributed by atoms with Crippen LogP contribution in [-0.2, 0) is 0 Å². The first kappa shape index (κ1) is 7.04. The zero-order valence-electron chi connectivity index (χ0n) is 5.43. The Bertz CT molecular complexity index is 288. The molecule has 2 nitrogen and oxygen atoms in total. The molecular formula is C7H5ClN2. The Labute approximate surface area is 64.1 Å². The van der Waals surface area contributed by atoms with Crippen LogP contribution in [0.4, 0.5) is 0 Å². The van der Waals surface area contributed by atoms with Crippen LogP contribution >= 0.6 is 11.6 Å². The topological polar surface area (TPSA) is 36.7 Å². The molecular weight excluding hydrogens is 148 g/mol. The highest BCUT2D eigenvalue weighted by atomic mass is 35.5. The summed E-state index contributed by atoms with van der Waals surface area (Å²) in [6, 6.07) is 3.59. The molecule has 1 aromatic rings. The summed E-state index contributed by atoms with van der Waals surface area (Å²) in [7, 11) is 0. The molecule has 0 atom stereocenters. The maximum atomic E-state index is 8.41. The Balaban J connectivity index is 3.23. The van der Waals surface area contributed by atoms with Crippen molar-refractivity contribution in [1.29, 1.82) is 5.26 Å². The average Bonchev–Trinajstić information content (AvgIpc) is 1.88. The molecule has 0 bridgehead atoms. The third kappa shape index (κ3) is 1.26. The number of aromatic nitrogens is 1. The summed E-state index contributed by atoms with van der Waals surface area (Å²) >= 11 is 5.64. The standard InChI is InChI=1S/C7H5ClN2/c1-5-2-6(8)7(3-9)10-4-5/h2,4H,1H3. The van der Waals surface area contributed by atoms with Crippen molar-refractivity contribution < 1.29 is 0 Å². The zero-order chi connectivity index (χ0) is 7.56. The molecule has 0 amide bonds. The number of hydrogen-bond donors (Lipinski definition) is 0. The number of hydrogen-bond acceptors (Lipinski definition) is 2. The maximum Gasteiger partial charge on any atom is 0.159 e. The lowest BCUT2D eigenvalue weighted by atomic mass is 10.3. The molecule has 1 aromatic heterocycles. The van der Waals surface area contributed by atoms with Gasteiger partial charge in [0.1, 0.15) is 6.07 Å². The fourth-order valence-corrected chi connectivity index (χ4v) is 0.879. The fourth-order valence-electron chi connectivity index (χ4n) is 0.616. The Morgan fingerprint density at radius 3 is 2.90 bits per heavy atom. The van der Waals surface area contributed by atoms with E-state index in [1.807, 2.05) is 13.0 Å². The van der Waals surface area contributed by atoms with E-state index in [2.05, 4.69) is 4.98 Å². The van der Waals surface area contributed by atoms with Gasteiger partial charge < -0.3 is 0 Å². The number of halogens is 1. The van der Waals surface area contributed by atoms with E-state index in [9.17, 15) is 0 Å². The quantitative estimate of drug-likeness (QED) is 0.570. The summed E-state index contributed by atoms with van der Waals surface area (Å²) in [5, 5.41) is 8.83. The normalized spacial score (nSPS) is 8.90. The Kier molecular flexibility index (Phi) is 1.88. The highest BCUT2D eigenvalue weighted by Crippen LogP contribution is 2.12. The van der Waals surface area contributed by atoms with Crippen LogP contribution in [0.25, 0.3) is 0 Å².